The highest BCUT2D eigenvalue weighted by Gasteiger charge is 2.33. The molecule has 3 heteroatoms. The monoisotopic (exact) mass is 236 g/mol. The SMILES string of the molecule is CC(C)[C@](O)(CCc1ccccc1)CC(=O)O. The highest BCUT2D eigenvalue weighted by molar-refractivity contribution is 5.68. The predicted molar refractivity (Wildman–Crippen MR) is 66.8 cm³/mol. The van der Waals surface area contributed by atoms with Gasteiger partial charge in [-0.2, -0.15) is 0 Å². The van der Waals surface area contributed by atoms with Crippen molar-refractivity contribution in [2.75, 3.05) is 0 Å². The molecule has 94 valence electrons. The number of carboxylic acid groups (broad SMARTS) is 1. The highest BCUT2D eigenvalue weighted by Crippen LogP contribution is 2.27. The molecule has 0 amide bonds. The molecule has 0 aliphatic rings. The van der Waals surface area contributed by atoms with E-state index >= 15 is 0 Å². The number of rotatable bonds is 6. The third-order valence-corrected chi connectivity index (χ3v) is 3.22. The first-order valence-electron chi connectivity index (χ1n) is 5.92. The summed E-state index contributed by atoms with van der Waals surface area (Å²) in [5, 5.41) is 19.2. The summed E-state index contributed by atoms with van der Waals surface area (Å²) in [6.07, 6.45) is 0.973. The van der Waals surface area contributed by atoms with Crippen molar-refractivity contribution in [3.05, 3.63) is 35.9 Å². The second kappa shape index (κ2) is 5.82. The zero-order chi connectivity index (χ0) is 12.9. The number of hydrogen-bond donors (Lipinski definition) is 2. The Morgan fingerprint density at radius 1 is 1.29 bits per heavy atom. The maximum atomic E-state index is 10.8. The summed E-state index contributed by atoms with van der Waals surface area (Å²) in [7, 11) is 0. The fourth-order valence-corrected chi connectivity index (χ4v) is 1.85. The molecule has 0 aliphatic heterocycles. The van der Waals surface area contributed by atoms with Crippen LogP contribution in [0.1, 0.15) is 32.3 Å². The molecule has 0 aromatic heterocycles. The van der Waals surface area contributed by atoms with Gasteiger partial charge in [-0.3, -0.25) is 4.79 Å². The number of aliphatic carboxylic acids is 1. The molecule has 17 heavy (non-hydrogen) atoms. The third-order valence-electron chi connectivity index (χ3n) is 3.22. The van der Waals surface area contributed by atoms with Crippen LogP contribution in [0.3, 0.4) is 0 Å². The molecule has 0 spiro atoms. The molecule has 0 radical (unpaired) electrons. The lowest BCUT2D eigenvalue weighted by Crippen LogP contribution is -2.38. The Balaban J connectivity index is 2.65. The topological polar surface area (TPSA) is 57.5 Å². The Hall–Kier alpha value is -1.35. The largest absolute Gasteiger partial charge is 0.481 e. The molecule has 1 aromatic rings. The molecule has 0 heterocycles. The molecule has 0 saturated carbocycles. The average molecular weight is 236 g/mol. The van der Waals surface area contributed by atoms with Crippen LogP contribution in [0.4, 0.5) is 0 Å². The first kappa shape index (κ1) is 13.7. The lowest BCUT2D eigenvalue weighted by molar-refractivity contribution is -0.145. The minimum Gasteiger partial charge on any atom is -0.481 e. The van der Waals surface area contributed by atoms with Gasteiger partial charge in [-0.1, -0.05) is 44.2 Å². The minimum absolute atomic E-state index is 0.0673. The van der Waals surface area contributed by atoms with Gasteiger partial charge in [-0.05, 0) is 24.3 Å². The van der Waals surface area contributed by atoms with Crippen LogP contribution in [-0.2, 0) is 11.2 Å². The second-order valence-corrected chi connectivity index (χ2v) is 4.81. The zero-order valence-electron chi connectivity index (χ0n) is 10.4. The van der Waals surface area contributed by atoms with E-state index in [1.165, 1.54) is 0 Å². The van der Waals surface area contributed by atoms with Gasteiger partial charge in [0.05, 0.1) is 12.0 Å². The number of aliphatic hydroxyl groups is 1. The quantitative estimate of drug-likeness (QED) is 0.797. The zero-order valence-corrected chi connectivity index (χ0v) is 10.4. The predicted octanol–water partition coefficient (Wildman–Crippen LogP) is 2.48. The standard InChI is InChI=1S/C14H20O3/c1-11(2)14(17,10-13(15)16)9-8-12-6-4-3-5-7-12/h3-7,11,17H,8-10H2,1-2H3,(H,15,16)/t14-/m0/s1. The summed E-state index contributed by atoms with van der Waals surface area (Å²) < 4.78 is 0. The van der Waals surface area contributed by atoms with E-state index in [1.807, 2.05) is 44.2 Å². The van der Waals surface area contributed by atoms with Crippen molar-refractivity contribution in [1.29, 1.82) is 0 Å². The van der Waals surface area contributed by atoms with Crippen molar-refractivity contribution in [2.24, 2.45) is 5.92 Å². The summed E-state index contributed by atoms with van der Waals surface area (Å²) in [5.74, 6) is -1.02. The van der Waals surface area contributed by atoms with Crippen molar-refractivity contribution in [3.8, 4) is 0 Å². The maximum Gasteiger partial charge on any atom is 0.306 e. The lowest BCUT2D eigenvalue weighted by Gasteiger charge is -2.30. The number of carbonyl (C=O) groups is 1. The number of carboxylic acids is 1. The van der Waals surface area contributed by atoms with Gasteiger partial charge in [0.15, 0.2) is 0 Å². The van der Waals surface area contributed by atoms with E-state index in [0.29, 0.717) is 12.8 Å². The van der Waals surface area contributed by atoms with Crippen molar-refractivity contribution in [1.82, 2.24) is 0 Å². The molecule has 1 atom stereocenters. The normalized spacial score (nSPS) is 14.6. The van der Waals surface area contributed by atoms with Gasteiger partial charge in [0, 0.05) is 0 Å². The molecular formula is C14H20O3. The summed E-state index contributed by atoms with van der Waals surface area (Å²) in [6, 6.07) is 9.81. The van der Waals surface area contributed by atoms with Crippen LogP contribution in [0.5, 0.6) is 0 Å². The fourth-order valence-electron chi connectivity index (χ4n) is 1.85. The van der Waals surface area contributed by atoms with E-state index in [2.05, 4.69) is 0 Å². The van der Waals surface area contributed by atoms with Gasteiger partial charge in [-0.15, -0.1) is 0 Å². The molecule has 3 nitrogen and oxygen atoms in total. The smallest absolute Gasteiger partial charge is 0.306 e. The van der Waals surface area contributed by atoms with Crippen LogP contribution >= 0.6 is 0 Å². The first-order chi connectivity index (χ1) is 7.94. The Morgan fingerprint density at radius 3 is 2.35 bits per heavy atom. The van der Waals surface area contributed by atoms with Gasteiger partial charge >= 0.3 is 5.97 Å². The Kier molecular flexibility index (Phi) is 4.70. The van der Waals surface area contributed by atoms with E-state index in [0.717, 1.165) is 5.56 Å². The highest BCUT2D eigenvalue weighted by atomic mass is 16.4. The molecule has 1 rings (SSSR count). The summed E-state index contributed by atoms with van der Waals surface area (Å²) in [4.78, 5) is 10.8. The summed E-state index contributed by atoms with van der Waals surface area (Å²) >= 11 is 0. The van der Waals surface area contributed by atoms with E-state index in [1.54, 1.807) is 0 Å². The van der Waals surface area contributed by atoms with Crippen LogP contribution in [0.25, 0.3) is 0 Å². The molecule has 1 aromatic carbocycles. The maximum absolute atomic E-state index is 10.8. The number of hydrogen-bond acceptors (Lipinski definition) is 2. The van der Waals surface area contributed by atoms with Crippen LogP contribution in [0.15, 0.2) is 30.3 Å². The van der Waals surface area contributed by atoms with Crippen molar-refractivity contribution >= 4 is 5.97 Å². The van der Waals surface area contributed by atoms with E-state index < -0.39 is 11.6 Å². The number of aryl methyl sites for hydroxylation is 1. The Morgan fingerprint density at radius 2 is 1.88 bits per heavy atom. The van der Waals surface area contributed by atoms with Gasteiger partial charge in [0.2, 0.25) is 0 Å². The van der Waals surface area contributed by atoms with Gasteiger partial charge < -0.3 is 10.2 Å². The number of benzene rings is 1. The van der Waals surface area contributed by atoms with Crippen LogP contribution in [0, 0.1) is 5.92 Å². The van der Waals surface area contributed by atoms with Crippen LogP contribution < -0.4 is 0 Å². The van der Waals surface area contributed by atoms with Gasteiger partial charge in [-0.25, -0.2) is 0 Å². The van der Waals surface area contributed by atoms with Crippen LogP contribution in [-0.4, -0.2) is 21.8 Å². The van der Waals surface area contributed by atoms with E-state index in [-0.39, 0.29) is 12.3 Å². The molecule has 0 saturated heterocycles. The molecule has 2 N–H and O–H groups in total. The van der Waals surface area contributed by atoms with Crippen LogP contribution in [0.2, 0.25) is 0 Å². The van der Waals surface area contributed by atoms with Crippen molar-refractivity contribution < 1.29 is 15.0 Å². The summed E-state index contributed by atoms with van der Waals surface area (Å²) in [5.41, 5.74) is -0.00115. The Labute approximate surface area is 102 Å². The molecular weight excluding hydrogens is 216 g/mol. The van der Waals surface area contributed by atoms with Gasteiger partial charge in [0.1, 0.15) is 0 Å². The third kappa shape index (κ3) is 4.19. The molecule has 0 aliphatic carbocycles. The van der Waals surface area contributed by atoms with E-state index in [4.69, 9.17) is 5.11 Å². The molecule has 0 bridgehead atoms. The molecule has 0 unspecified atom stereocenters. The van der Waals surface area contributed by atoms with Gasteiger partial charge in [0.25, 0.3) is 0 Å². The van der Waals surface area contributed by atoms with Crippen molar-refractivity contribution in [3.63, 3.8) is 0 Å². The Bertz CT molecular complexity index is 359. The lowest BCUT2D eigenvalue weighted by atomic mass is 9.82. The van der Waals surface area contributed by atoms with Crippen molar-refractivity contribution in [2.45, 2.75) is 38.7 Å². The van der Waals surface area contributed by atoms with E-state index in [9.17, 15) is 9.90 Å². The first-order valence-corrected chi connectivity index (χ1v) is 5.92. The fraction of sp³-hybridized carbons (Fsp3) is 0.500. The summed E-state index contributed by atoms with van der Waals surface area (Å²) in [6.45, 7) is 3.71. The molecule has 0 fully saturated rings. The minimum atomic E-state index is -1.12. The average Bonchev–Trinajstić information content (AvgIpc) is 2.27. The second-order valence-electron chi connectivity index (χ2n) is 4.81.